The number of carboxylic acids is 1. The topological polar surface area (TPSA) is 54.4 Å². The first-order chi connectivity index (χ1) is 10.1. The minimum absolute atomic E-state index is 0.739. The molecule has 0 aliphatic rings. The average Bonchev–Trinajstić information content (AvgIpc) is 2.43. The van der Waals surface area contributed by atoms with Crippen LogP contribution in [0.5, 0.6) is 0 Å². The van der Waals surface area contributed by atoms with Crippen molar-refractivity contribution >= 4 is 12.3 Å². The van der Waals surface area contributed by atoms with Gasteiger partial charge in [0.05, 0.1) is 0 Å². The summed E-state index contributed by atoms with van der Waals surface area (Å²) in [7, 11) is 0. The third kappa shape index (κ3) is 32.3. The molecular formula is C18H32O3. The Morgan fingerprint density at radius 3 is 1.76 bits per heavy atom. The number of rotatable bonds is 12. The third-order valence-electron chi connectivity index (χ3n) is 2.80. The van der Waals surface area contributed by atoms with Gasteiger partial charge in [-0.15, -0.1) is 0 Å². The largest absolute Gasteiger partial charge is 0.481 e. The lowest BCUT2D eigenvalue weighted by Gasteiger charge is -1.96. The van der Waals surface area contributed by atoms with Crippen LogP contribution in [-0.4, -0.2) is 17.4 Å². The number of hydrogen-bond acceptors (Lipinski definition) is 2. The Kier molecular flexibility index (Phi) is 21.8. The first-order valence-corrected chi connectivity index (χ1v) is 8.10. The summed E-state index contributed by atoms with van der Waals surface area (Å²) in [4.78, 5) is 19.1. The number of aliphatic carboxylic acids is 1. The number of carbonyl (C=O) groups is 2. The normalized spacial score (nSPS) is 10.6. The molecule has 0 unspecified atom stereocenters. The highest BCUT2D eigenvalue weighted by Gasteiger charge is 1.88. The van der Waals surface area contributed by atoms with Crippen LogP contribution in [-0.2, 0) is 9.59 Å². The van der Waals surface area contributed by atoms with Crippen molar-refractivity contribution in [3.8, 4) is 0 Å². The molecule has 0 amide bonds. The zero-order valence-electron chi connectivity index (χ0n) is 13.7. The van der Waals surface area contributed by atoms with Crippen molar-refractivity contribution < 1.29 is 14.7 Å². The van der Waals surface area contributed by atoms with Crippen molar-refractivity contribution in [2.75, 3.05) is 0 Å². The van der Waals surface area contributed by atoms with Gasteiger partial charge < -0.3 is 9.90 Å². The average molecular weight is 296 g/mol. The number of allylic oxidation sites excluding steroid dienone is 4. The van der Waals surface area contributed by atoms with E-state index in [2.05, 4.69) is 31.2 Å². The minimum atomic E-state index is -0.833. The Labute approximate surface area is 130 Å². The SMILES string of the molecule is CC(=O)O.CCCC/C=C\C=C\CCCCCCCC=O. The van der Waals surface area contributed by atoms with Crippen LogP contribution in [0.4, 0.5) is 0 Å². The third-order valence-corrected chi connectivity index (χ3v) is 2.80. The molecule has 0 aromatic heterocycles. The van der Waals surface area contributed by atoms with E-state index in [1.807, 2.05) is 0 Å². The Morgan fingerprint density at radius 1 is 0.857 bits per heavy atom. The smallest absolute Gasteiger partial charge is 0.300 e. The maximum atomic E-state index is 10.1. The molecule has 122 valence electrons. The zero-order chi connectivity index (χ0) is 16.2. The maximum Gasteiger partial charge on any atom is 0.300 e. The monoisotopic (exact) mass is 296 g/mol. The van der Waals surface area contributed by atoms with Crippen LogP contribution < -0.4 is 0 Å². The molecule has 3 heteroatoms. The molecule has 0 radical (unpaired) electrons. The Morgan fingerprint density at radius 2 is 1.29 bits per heavy atom. The molecule has 21 heavy (non-hydrogen) atoms. The summed E-state index contributed by atoms with van der Waals surface area (Å²) in [5.74, 6) is -0.833. The Hall–Kier alpha value is -1.38. The fourth-order valence-electron chi connectivity index (χ4n) is 1.69. The Balaban J connectivity index is 0. The molecule has 0 bridgehead atoms. The highest BCUT2D eigenvalue weighted by atomic mass is 16.4. The van der Waals surface area contributed by atoms with E-state index in [-0.39, 0.29) is 0 Å². The zero-order valence-corrected chi connectivity index (χ0v) is 13.7. The second-order valence-electron chi connectivity index (χ2n) is 5.03. The fraction of sp³-hybridized carbons (Fsp3) is 0.667. The van der Waals surface area contributed by atoms with Crippen molar-refractivity contribution in [2.45, 2.75) is 78.1 Å². The van der Waals surface area contributed by atoms with E-state index in [4.69, 9.17) is 9.90 Å². The Bertz CT molecular complexity index is 276. The van der Waals surface area contributed by atoms with Crippen LogP contribution >= 0.6 is 0 Å². The molecule has 0 aromatic rings. The first-order valence-electron chi connectivity index (χ1n) is 8.10. The molecule has 0 spiro atoms. The summed E-state index contributed by atoms with van der Waals surface area (Å²) in [6.45, 7) is 3.30. The standard InChI is InChI=1S/C16H28O.C2H4O2/c1-2-3-4-5-6-7-8-9-10-11-12-13-14-15-16-17;1-2(3)4/h5-8,16H,2-4,9-15H2,1H3;1H3,(H,3,4)/b6-5-,8-7+;. The van der Waals surface area contributed by atoms with Gasteiger partial charge in [-0.25, -0.2) is 0 Å². The van der Waals surface area contributed by atoms with Gasteiger partial charge in [0.15, 0.2) is 0 Å². The van der Waals surface area contributed by atoms with Crippen molar-refractivity contribution in [3.05, 3.63) is 24.3 Å². The van der Waals surface area contributed by atoms with Gasteiger partial charge in [0, 0.05) is 13.3 Å². The lowest BCUT2D eigenvalue weighted by atomic mass is 10.1. The quantitative estimate of drug-likeness (QED) is 0.301. The van der Waals surface area contributed by atoms with E-state index in [0.717, 1.165) is 26.1 Å². The molecule has 3 nitrogen and oxygen atoms in total. The van der Waals surface area contributed by atoms with E-state index < -0.39 is 5.97 Å². The predicted octanol–water partition coefficient (Wildman–Crippen LogP) is 5.31. The van der Waals surface area contributed by atoms with Crippen LogP contribution in [0.1, 0.15) is 78.1 Å². The lowest BCUT2D eigenvalue weighted by Crippen LogP contribution is -1.79. The molecule has 0 atom stereocenters. The van der Waals surface area contributed by atoms with Crippen LogP contribution in [0, 0.1) is 0 Å². The molecule has 0 saturated heterocycles. The van der Waals surface area contributed by atoms with Gasteiger partial charge in [-0.2, -0.15) is 0 Å². The van der Waals surface area contributed by atoms with Crippen molar-refractivity contribution in [1.29, 1.82) is 0 Å². The highest BCUT2D eigenvalue weighted by molar-refractivity contribution is 5.62. The van der Waals surface area contributed by atoms with Crippen LogP contribution in [0.3, 0.4) is 0 Å². The maximum absolute atomic E-state index is 10.1. The summed E-state index contributed by atoms with van der Waals surface area (Å²) in [6, 6.07) is 0. The van der Waals surface area contributed by atoms with E-state index >= 15 is 0 Å². The summed E-state index contributed by atoms with van der Waals surface area (Å²) >= 11 is 0. The van der Waals surface area contributed by atoms with Crippen LogP contribution in [0.2, 0.25) is 0 Å². The second-order valence-corrected chi connectivity index (χ2v) is 5.03. The minimum Gasteiger partial charge on any atom is -0.481 e. The molecular weight excluding hydrogens is 264 g/mol. The number of hydrogen-bond donors (Lipinski definition) is 1. The summed E-state index contributed by atoms with van der Waals surface area (Å²) in [6.07, 6.45) is 21.7. The van der Waals surface area contributed by atoms with Gasteiger partial charge in [0.1, 0.15) is 6.29 Å². The highest BCUT2D eigenvalue weighted by Crippen LogP contribution is 2.06. The predicted molar refractivity (Wildman–Crippen MR) is 89.5 cm³/mol. The van der Waals surface area contributed by atoms with Crippen molar-refractivity contribution in [1.82, 2.24) is 0 Å². The number of unbranched alkanes of at least 4 members (excludes halogenated alkanes) is 8. The molecule has 0 fully saturated rings. The number of carboxylic acid groups (broad SMARTS) is 1. The molecule has 0 rings (SSSR count). The summed E-state index contributed by atoms with van der Waals surface area (Å²) < 4.78 is 0. The molecule has 0 saturated carbocycles. The molecule has 0 aliphatic heterocycles. The van der Waals surface area contributed by atoms with Crippen LogP contribution in [0.15, 0.2) is 24.3 Å². The van der Waals surface area contributed by atoms with Gasteiger partial charge in [-0.3, -0.25) is 4.79 Å². The van der Waals surface area contributed by atoms with E-state index in [1.54, 1.807) is 0 Å². The van der Waals surface area contributed by atoms with Gasteiger partial charge >= 0.3 is 0 Å². The molecule has 0 heterocycles. The van der Waals surface area contributed by atoms with Gasteiger partial charge in [0.2, 0.25) is 0 Å². The van der Waals surface area contributed by atoms with E-state index in [0.29, 0.717) is 0 Å². The fourth-order valence-corrected chi connectivity index (χ4v) is 1.69. The first kappa shape index (κ1) is 21.9. The van der Waals surface area contributed by atoms with Crippen molar-refractivity contribution in [2.24, 2.45) is 0 Å². The number of carbonyl (C=O) groups excluding carboxylic acids is 1. The van der Waals surface area contributed by atoms with Crippen molar-refractivity contribution in [3.63, 3.8) is 0 Å². The van der Waals surface area contributed by atoms with Crippen LogP contribution in [0.25, 0.3) is 0 Å². The molecule has 0 aromatic carbocycles. The van der Waals surface area contributed by atoms with Gasteiger partial charge in [-0.1, -0.05) is 63.3 Å². The van der Waals surface area contributed by atoms with E-state index in [1.165, 1.54) is 51.4 Å². The molecule has 0 aliphatic carbocycles. The second kappa shape index (κ2) is 20.9. The van der Waals surface area contributed by atoms with Gasteiger partial charge in [-0.05, 0) is 25.7 Å². The van der Waals surface area contributed by atoms with Gasteiger partial charge in [0.25, 0.3) is 5.97 Å². The molecule has 1 N–H and O–H groups in total. The van der Waals surface area contributed by atoms with E-state index in [9.17, 15) is 4.79 Å². The number of aldehydes is 1. The summed E-state index contributed by atoms with van der Waals surface area (Å²) in [5, 5.41) is 7.42. The lowest BCUT2D eigenvalue weighted by molar-refractivity contribution is -0.134. The summed E-state index contributed by atoms with van der Waals surface area (Å²) in [5.41, 5.74) is 0.